The van der Waals surface area contributed by atoms with Crippen molar-refractivity contribution in [1.29, 1.82) is 0 Å². The molecule has 0 aromatic heterocycles. The van der Waals surface area contributed by atoms with Crippen LogP contribution >= 0.6 is 0 Å². The second kappa shape index (κ2) is 5.93. The molecule has 0 rings (SSSR count). The lowest BCUT2D eigenvalue weighted by Gasteiger charge is -2.18. The highest BCUT2D eigenvalue weighted by Crippen LogP contribution is 1.86. The van der Waals surface area contributed by atoms with E-state index in [1.54, 1.807) is 19.1 Å². The highest BCUT2D eigenvalue weighted by Gasteiger charge is 2.07. The summed E-state index contributed by atoms with van der Waals surface area (Å²) in [5.41, 5.74) is 10.6. The average Bonchev–Trinajstić information content (AvgIpc) is 1.84. The first-order chi connectivity index (χ1) is 5.56. The minimum atomic E-state index is -0.345. The Hall–Kier alpha value is -0.650. The largest absolute Gasteiger partial charge is 0.383 e. The monoisotopic (exact) mass is 175 g/mol. The van der Waals surface area contributed by atoms with Crippen LogP contribution in [0.1, 0.15) is 0 Å². The Morgan fingerprint density at radius 2 is 2.25 bits per heavy atom. The highest BCUT2D eigenvalue weighted by atomic mass is 16.5. The molecule has 0 radical (unpaired) electrons. The molecular weight excluding hydrogens is 158 g/mol. The number of hydrogen-bond donors (Lipinski definition) is 2. The molecule has 72 valence electrons. The number of carbonyl (C=O) groups excluding carboxylic acids is 1. The van der Waals surface area contributed by atoms with E-state index in [-0.39, 0.29) is 18.5 Å². The standard InChI is InChI=1S/C7H17N3O2/c1-10(4-7(9)11)3-6(8)5-12-2/h6H,3-5,8H2,1-2H3,(H2,9,11). The van der Waals surface area contributed by atoms with Crippen LogP contribution < -0.4 is 11.5 Å². The van der Waals surface area contributed by atoms with Crippen LogP contribution in [0, 0.1) is 0 Å². The Labute approximate surface area is 72.6 Å². The van der Waals surface area contributed by atoms with Crippen LogP contribution in [0.2, 0.25) is 0 Å². The molecule has 0 aliphatic rings. The zero-order chi connectivity index (χ0) is 9.56. The number of ether oxygens (including phenoxy) is 1. The maximum atomic E-state index is 10.5. The second-order valence-corrected chi connectivity index (χ2v) is 2.88. The number of carbonyl (C=O) groups is 1. The Bertz CT molecular complexity index is 141. The van der Waals surface area contributed by atoms with Gasteiger partial charge in [-0.2, -0.15) is 0 Å². The van der Waals surface area contributed by atoms with E-state index in [2.05, 4.69) is 0 Å². The van der Waals surface area contributed by atoms with Gasteiger partial charge in [0.2, 0.25) is 5.91 Å². The van der Waals surface area contributed by atoms with Crippen molar-refractivity contribution >= 4 is 5.91 Å². The molecule has 0 aliphatic carbocycles. The molecule has 0 bridgehead atoms. The lowest BCUT2D eigenvalue weighted by atomic mass is 10.3. The Morgan fingerprint density at radius 3 is 2.67 bits per heavy atom. The van der Waals surface area contributed by atoms with Crippen LogP contribution in [0.15, 0.2) is 0 Å². The molecule has 0 saturated heterocycles. The quantitative estimate of drug-likeness (QED) is 0.508. The van der Waals surface area contributed by atoms with Crippen molar-refractivity contribution in [2.75, 3.05) is 33.9 Å². The van der Waals surface area contributed by atoms with Gasteiger partial charge in [0.05, 0.1) is 13.2 Å². The predicted octanol–water partition coefficient (Wildman–Crippen LogP) is -1.62. The van der Waals surface area contributed by atoms with Crippen molar-refractivity contribution < 1.29 is 9.53 Å². The normalized spacial score (nSPS) is 13.3. The number of nitrogens with two attached hydrogens (primary N) is 2. The molecule has 0 aromatic rings. The van der Waals surface area contributed by atoms with Gasteiger partial charge in [-0.15, -0.1) is 0 Å². The fourth-order valence-electron chi connectivity index (χ4n) is 0.998. The molecule has 5 nitrogen and oxygen atoms in total. The van der Waals surface area contributed by atoms with Crippen LogP contribution in [0.5, 0.6) is 0 Å². The summed E-state index contributed by atoms with van der Waals surface area (Å²) < 4.78 is 4.84. The van der Waals surface area contributed by atoms with Crippen LogP contribution in [-0.2, 0) is 9.53 Å². The van der Waals surface area contributed by atoms with Crippen molar-refractivity contribution in [3.63, 3.8) is 0 Å². The van der Waals surface area contributed by atoms with E-state index in [1.807, 2.05) is 0 Å². The van der Waals surface area contributed by atoms with Crippen LogP contribution in [0.25, 0.3) is 0 Å². The van der Waals surface area contributed by atoms with Gasteiger partial charge >= 0.3 is 0 Å². The molecule has 0 aromatic carbocycles. The van der Waals surface area contributed by atoms with Gasteiger partial charge in [-0.05, 0) is 7.05 Å². The van der Waals surface area contributed by atoms with E-state index in [0.29, 0.717) is 13.2 Å². The minimum absolute atomic E-state index is 0.0700. The Balaban J connectivity index is 3.53. The van der Waals surface area contributed by atoms with Gasteiger partial charge in [-0.1, -0.05) is 0 Å². The molecule has 0 fully saturated rings. The van der Waals surface area contributed by atoms with Gasteiger partial charge in [-0.25, -0.2) is 0 Å². The molecule has 1 atom stereocenters. The molecule has 0 aliphatic heterocycles. The summed E-state index contributed by atoms with van der Waals surface area (Å²) in [5.74, 6) is -0.345. The average molecular weight is 175 g/mol. The van der Waals surface area contributed by atoms with Crippen LogP contribution in [0.4, 0.5) is 0 Å². The fraction of sp³-hybridized carbons (Fsp3) is 0.857. The van der Waals surface area contributed by atoms with E-state index in [9.17, 15) is 4.79 Å². The predicted molar refractivity (Wildman–Crippen MR) is 46.5 cm³/mol. The molecule has 0 spiro atoms. The molecule has 1 amide bonds. The van der Waals surface area contributed by atoms with E-state index in [0.717, 1.165) is 0 Å². The van der Waals surface area contributed by atoms with Gasteiger partial charge in [-0.3, -0.25) is 9.69 Å². The van der Waals surface area contributed by atoms with Crippen LogP contribution in [-0.4, -0.2) is 50.7 Å². The molecule has 1 unspecified atom stereocenters. The molecule has 4 N–H and O–H groups in total. The smallest absolute Gasteiger partial charge is 0.231 e. The van der Waals surface area contributed by atoms with Gasteiger partial charge < -0.3 is 16.2 Å². The third-order valence-corrected chi connectivity index (χ3v) is 1.35. The first-order valence-electron chi connectivity index (χ1n) is 3.77. The van der Waals surface area contributed by atoms with E-state index in [1.165, 1.54) is 0 Å². The summed E-state index contributed by atoms with van der Waals surface area (Å²) >= 11 is 0. The van der Waals surface area contributed by atoms with Crippen molar-refractivity contribution in [1.82, 2.24) is 4.90 Å². The number of amides is 1. The molecule has 0 heterocycles. The SMILES string of the molecule is COCC(N)CN(C)CC(N)=O. The third-order valence-electron chi connectivity index (χ3n) is 1.35. The Morgan fingerprint density at radius 1 is 1.67 bits per heavy atom. The summed E-state index contributed by atoms with van der Waals surface area (Å²) in [7, 11) is 3.38. The number of nitrogens with zero attached hydrogens (tertiary/aromatic N) is 1. The lowest BCUT2D eigenvalue weighted by molar-refractivity contribution is -0.118. The second-order valence-electron chi connectivity index (χ2n) is 2.88. The van der Waals surface area contributed by atoms with Crippen molar-refractivity contribution in [3.05, 3.63) is 0 Å². The summed E-state index contributed by atoms with van der Waals surface area (Å²) in [6.45, 7) is 1.33. The summed E-state index contributed by atoms with van der Waals surface area (Å²) in [5, 5.41) is 0. The van der Waals surface area contributed by atoms with Crippen molar-refractivity contribution in [3.8, 4) is 0 Å². The van der Waals surface area contributed by atoms with Crippen molar-refractivity contribution in [2.45, 2.75) is 6.04 Å². The maximum Gasteiger partial charge on any atom is 0.231 e. The fourth-order valence-corrected chi connectivity index (χ4v) is 0.998. The number of methoxy groups -OCH3 is 1. The lowest BCUT2D eigenvalue weighted by Crippen LogP contribution is -2.41. The summed E-state index contributed by atoms with van der Waals surface area (Å²) in [6.07, 6.45) is 0. The number of rotatable bonds is 6. The molecular formula is C7H17N3O2. The maximum absolute atomic E-state index is 10.5. The number of primary amides is 1. The summed E-state index contributed by atoms with van der Waals surface area (Å²) in [4.78, 5) is 12.2. The molecule has 0 saturated carbocycles. The summed E-state index contributed by atoms with van der Waals surface area (Å²) in [6, 6.07) is -0.0700. The molecule has 5 heteroatoms. The first kappa shape index (κ1) is 11.4. The number of hydrogen-bond acceptors (Lipinski definition) is 4. The van der Waals surface area contributed by atoms with Crippen molar-refractivity contribution in [2.24, 2.45) is 11.5 Å². The first-order valence-corrected chi connectivity index (χ1v) is 3.77. The van der Waals surface area contributed by atoms with Crippen LogP contribution in [0.3, 0.4) is 0 Å². The number of likely N-dealkylation sites (N-methyl/N-ethyl adjacent to an activating group) is 1. The Kier molecular flexibility index (Phi) is 5.61. The zero-order valence-corrected chi connectivity index (χ0v) is 7.62. The van der Waals surface area contributed by atoms with Gasteiger partial charge in [0.1, 0.15) is 0 Å². The van der Waals surface area contributed by atoms with Gasteiger partial charge in [0.25, 0.3) is 0 Å². The molecule has 12 heavy (non-hydrogen) atoms. The topological polar surface area (TPSA) is 81.6 Å². The van der Waals surface area contributed by atoms with E-state index < -0.39 is 0 Å². The zero-order valence-electron chi connectivity index (χ0n) is 7.62. The van der Waals surface area contributed by atoms with E-state index in [4.69, 9.17) is 16.2 Å². The van der Waals surface area contributed by atoms with E-state index >= 15 is 0 Å². The van der Waals surface area contributed by atoms with Gasteiger partial charge in [0.15, 0.2) is 0 Å². The minimum Gasteiger partial charge on any atom is -0.383 e. The highest BCUT2D eigenvalue weighted by molar-refractivity contribution is 5.75. The van der Waals surface area contributed by atoms with Gasteiger partial charge in [0, 0.05) is 19.7 Å². The third kappa shape index (κ3) is 6.09.